The lowest BCUT2D eigenvalue weighted by Crippen LogP contribution is -2.30. The van der Waals surface area contributed by atoms with Gasteiger partial charge in [0.05, 0.1) is 67.0 Å². The number of fused-ring (bicyclic) bond motifs is 1. The van der Waals surface area contributed by atoms with Crippen molar-refractivity contribution in [3.8, 4) is 22.8 Å². The minimum Gasteiger partial charge on any atom is -0.495 e. The Hall–Kier alpha value is -2.98. The molecule has 1 fully saturated rings. The van der Waals surface area contributed by atoms with Gasteiger partial charge in [-0.15, -0.1) is 0 Å². The fourth-order valence-corrected chi connectivity index (χ4v) is 4.81. The molecule has 2 aromatic heterocycles. The number of pyridine rings is 1. The van der Waals surface area contributed by atoms with Crippen LogP contribution in [0.4, 0.5) is 5.95 Å². The number of allylic oxidation sites excluding steroid dienone is 1. The van der Waals surface area contributed by atoms with Gasteiger partial charge >= 0.3 is 0 Å². The second kappa shape index (κ2) is 11.4. The van der Waals surface area contributed by atoms with Crippen LogP contribution in [0.2, 0.25) is 10.0 Å². The molecule has 3 heterocycles. The third-order valence-corrected chi connectivity index (χ3v) is 6.70. The van der Waals surface area contributed by atoms with Crippen LogP contribution in [0.25, 0.3) is 22.2 Å². The van der Waals surface area contributed by atoms with Gasteiger partial charge in [0.25, 0.3) is 0 Å². The lowest BCUT2D eigenvalue weighted by molar-refractivity contribution is -0.115. The van der Waals surface area contributed by atoms with Crippen molar-refractivity contribution >= 4 is 45.8 Å². The van der Waals surface area contributed by atoms with Gasteiger partial charge in [0, 0.05) is 42.7 Å². The number of nitrogens with one attached hydrogen (secondary N) is 1. The van der Waals surface area contributed by atoms with Crippen LogP contribution in [-0.2, 0) is 20.9 Å². The molecule has 190 valence electrons. The average molecular weight is 533 g/mol. The van der Waals surface area contributed by atoms with E-state index in [1.54, 1.807) is 25.4 Å². The van der Waals surface area contributed by atoms with Crippen LogP contribution < -0.4 is 14.8 Å². The van der Waals surface area contributed by atoms with Gasteiger partial charge in [0.2, 0.25) is 5.95 Å². The molecule has 36 heavy (non-hydrogen) atoms. The Morgan fingerprint density at radius 3 is 2.53 bits per heavy atom. The van der Waals surface area contributed by atoms with E-state index in [-0.39, 0.29) is 24.3 Å². The van der Waals surface area contributed by atoms with Crippen molar-refractivity contribution in [1.29, 1.82) is 0 Å². The number of rotatable bonds is 10. The molecule has 9 nitrogen and oxygen atoms in total. The Labute approximate surface area is 218 Å². The summed E-state index contributed by atoms with van der Waals surface area (Å²) < 4.78 is 21.8. The van der Waals surface area contributed by atoms with E-state index in [1.165, 1.54) is 20.3 Å². The first kappa shape index (κ1) is 26.1. The highest BCUT2D eigenvalue weighted by Crippen LogP contribution is 2.46. The summed E-state index contributed by atoms with van der Waals surface area (Å²) in [6.45, 7) is 4.68. The molecule has 1 aliphatic heterocycles. The van der Waals surface area contributed by atoms with Crippen molar-refractivity contribution < 1.29 is 23.7 Å². The molecule has 0 radical (unpaired) electrons. The Morgan fingerprint density at radius 2 is 1.89 bits per heavy atom. The summed E-state index contributed by atoms with van der Waals surface area (Å²) >= 11 is 13.2. The van der Waals surface area contributed by atoms with Gasteiger partial charge in [-0.25, -0.2) is 15.0 Å². The van der Waals surface area contributed by atoms with Crippen LogP contribution in [0, 0.1) is 5.92 Å². The number of aromatic nitrogens is 3. The number of anilines is 1. The SMILES string of the molecule is C=CC(=O)C[C@H]1COC[C@H]1Nc1ncc2cc(-c3c(Cl)c(OC)cc(OC)c3Cl)nc(COC)c2n1. The smallest absolute Gasteiger partial charge is 0.223 e. The number of nitrogens with zero attached hydrogens (tertiary/aromatic N) is 3. The zero-order valence-corrected chi connectivity index (χ0v) is 21.7. The highest BCUT2D eigenvalue weighted by Gasteiger charge is 2.30. The lowest BCUT2D eigenvalue weighted by atomic mass is 9.97. The minimum absolute atomic E-state index is 0.000989. The van der Waals surface area contributed by atoms with Gasteiger partial charge in [-0.2, -0.15) is 0 Å². The Bertz CT molecular complexity index is 1280. The first-order chi connectivity index (χ1) is 17.4. The molecule has 0 saturated carbocycles. The first-order valence-electron chi connectivity index (χ1n) is 11.2. The topological polar surface area (TPSA) is 105 Å². The standard InChI is InChI=1S/C25H26Cl2N4O5/c1-5-15(32)6-14-10-36-12-17(14)30-25-28-9-13-7-16(29-18(11-33-2)24(13)31-25)21-22(26)19(34-3)8-20(35-4)23(21)27/h5,7-9,14,17H,1,6,10-12H2,2-4H3,(H,28,30,31)/t14-,17+/m0/s1. The third kappa shape index (κ3) is 5.24. The van der Waals surface area contributed by atoms with Crippen molar-refractivity contribution in [3.05, 3.63) is 46.7 Å². The van der Waals surface area contributed by atoms with Crippen molar-refractivity contribution in [3.63, 3.8) is 0 Å². The molecule has 0 amide bonds. The molecule has 1 N–H and O–H groups in total. The Balaban J connectivity index is 1.75. The summed E-state index contributed by atoms with van der Waals surface area (Å²) in [6, 6.07) is 3.31. The van der Waals surface area contributed by atoms with E-state index in [0.717, 1.165) is 0 Å². The van der Waals surface area contributed by atoms with E-state index >= 15 is 0 Å². The van der Waals surface area contributed by atoms with E-state index in [0.29, 0.717) is 75.0 Å². The number of carbonyl (C=O) groups excluding carboxylic acids is 1. The fraction of sp³-hybridized carbons (Fsp3) is 0.360. The minimum atomic E-state index is -0.105. The average Bonchev–Trinajstić information content (AvgIpc) is 3.30. The van der Waals surface area contributed by atoms with Crippen LogP contribution in [0.5, 0.6) is 11.5 Å². The molecule has 0 bridgehead atoms. The molecule has 1 aliphatic rings. The van der Waals surface area contributed by atoms with Crippen LogP contribution in [0.1, 0.15) is 12.1 Å². The van der Waals surface area contributed by atoms with E-state index in [2.05, 4.69) is 16.9 Å². The van der Waals surface area contributed by atoms with Crippen molar-refractivity contribution in [2.24, 2.45) is 5.92 Å². The number of hydrogen-bond donors (Lipinski definition) is 1. The molecular weight excluding hydrogens is 507 g/mol. The predicted octanol–water partition coefficient (Wildman–Crippen LogP) is 4.73. The number of halogens is 2. The van der Waals surface area contributed by atoms with Crippen molar-refractivity contribution in [2.45, 2.75) is 19.1 Å². The van der Waals surface area contributed by atoms with Gasteiger partial charge < -0.3 is 24.3 Å². The van der Waals surface area contributed by atoms with Crippen LogP contribution >= 0.6 is 23.2 Å². The molecule has 11 heteroatoms. The normalized spacial score (nSPS) is 17.2. The van der Waals surface area contributed by atoms with Gasteiger partial charge in [0.15, 0.2) is 5.78 Å². The maximum atomic E-state index is 11.8. The van der Waals surface area contributed by atoms with Gasteiger partial charge in [-0.3, -0.25) is 4.79 Å². The molecule has 3 aromatic rings. The monoisotopic (exact) mass is 532 g/mol. The Morgan fingerprint density at radius 1 is 1.17 bits per heavy atom. The maximum absolute atomic E-state index is 11.8. The van der Waals surface area contributed by atoms with E-state index in [1.807, 2.05) is 0 Å². The van der Waals surface area contributed by atoms with E-state index in [4.69, 9.17) is 52.1 Å². The molecule has 0 aliphatic carbocycles. The van der Waals surface area contributed by atoms with Gasteiger partial charge in [-0.1, -0.05) is 29.8 Å². The third-order valence-electron chi connectivity index (χ3n) is 5.95. The maximum Gasteiger partial charge on any atom is 0.223 e. The first-order valence-corrected chi connectivity index (χ1v) is 11.9. The Kier molecular flexibility index (Phi) is 8.25. The van der Waals surface area contributed by atoms with E-state index < -0.39 is 0 Å². The second-order valence-corrected chi connectivity index (χ2v) is 8.98. The zero-order chi connectivity index (χ0) is 25.8. The number of ether oxygens (including phenoxy) is 4. The quantitative estimate of drug-likeness (QED) is 0.370. The fourth-order valence-electron chi connectivity index (χ4n) is 4.12. The van der Waals surface area contributed by atoms with Crippen LogP contribution in [-0.4, -0.2) is 61.3 Å². The summed E-state index contributed by atoms with van der Waals surface area (Å²) in [7, 11) is 4.60. The summed E-state index contributed by atoms with van der Waals surface area (Å²) in [5, 5.41) is 4.62. The number of hydrogen-bond acceptors (Lipinski definition) is 9. The van der Waals surface area contributed by atoms with Crippen molar-refractivity contribution in [1.82, 2.24) is 15.0 Å². The molecule has 0 unspecified atom stereocenters. The van der Waals surface area contributed by atoms with Gasteiger partial charge in [-0.05, 0) is 12.1 Å². The highest BCUT2D eigenvalue weighted by atomic mass is 35.5. The number of carbonyl (C=O) groups is 1. The lowest BCUT2D eigenvalue weighted by Gasteiger charge is -2.19. The van der Waals surface area contributed by atoms with Gasteiger partial charge in [0.1, 0.15) is 11.5 Å². The van der Waals surface area contributed by atoms with E-state index in [9.17, 15) is 4.79 Å². The highest BCUT2D eigenvalue weighted by molar-refractivity contribution is 6.41. The number of benzene rings is 1. The zero-order valence-electron chi connectivity index (χ0n) is 20.1. The molecular formula is C25H26Cl2N4O5. The molecule has 2 atom stereocenters. The number of methoxy groups -OCH3 is 3. The van der Waals surface area contributed by atoms with Crippen LogP contribution in [0.15, 0.2) is 31.0 Å². The summed E-state index contributed by atoms with van der Waals surface area (Å²) in [4.78, 5) is 25.8. The summed E-state index contributed by atoms with van der Waals surface area (Å²) in [5.74, 6) is 1.19. The largest absolute Gasteiger partial charge is 0.495 e. The molecule has 0 spiro atoms. The second-order valence-electron chi connectivity index (χ2n) is 8.23. The molecule has 1 saturated heterocycles. The summed E-state index contributed by atoms with van der Waals surface area (Å²) in [6.07, 6.45) is 3.37. The molecule has 4 rings (SSSR count). The predicted molar refractivity (Wildman–Crippen MR) is 138 cm³/mol. The van der Waals surface area contributed by atoms with Crippen LogP contribution in [0.3, 0.4) is 0 Å². The number of ketones is 1. The molecule has 1 aromatic carbocycles. The summed E-state index contributed by atoms with van der Waals surface area (Å²) in [5.41, 5.74) is 2.15. The van der Waals surface area contributed by atoms with Crippen molar-refractivity contribution in [2.75, 3.05) is 39.9 Å².